The number of rotatable bonds is 18. The van der Waals surface area contributed by atoms with Crippen LogP contribution in [0.25, 0.3) is 0 Å². The minimum absolute atomic E-state index is 0.00534. The first-order chi connectivity index (χ1) is 15.4. The van der Waals surface area contributed by atoms with Crippen LogP contribution in [0.3, 0.4) is 0 Å². The van der Waals surface area contributed by atoms with Gasteiger partial charge in [-0.3, -0.25) is 13.8 Å². The predicted molar refractivity (Wildman–Crippen MR) is 126 cm³/mol. The summed E-state index contributed by atoms with van der Waals surface area (Å²) < 4.78 is 28.0. The van der Waals surface area contributed by atoms with Gasteiger partial charge in [0.05, 0.1) is 40.8 Å². The summed E-state index contributed by atoms with van der Waals surface area (Å²) in [4.78, 5) is 21.0. The molecule has 0 bridgehead atoms. The molecule has 9 nitrogen and oxygen atoms in total. The first-order valence-electron chi connectivity index (χ1n) is 11.5. The summed E-state index contributed by atoms with van der Waals surface area (Å²) in [5.41, 5.74) is 1.17. The number of carbonyl (C=O) groups is 1. The van der Waals surface area contributed by atoms with Crippen LogP contribution in [-0.2, 0) is 24.8 Å². The number of phosphoric acid groups is 1. The maximum Gasteiger partial charge on any atom is 0.472 e. The fraction of sp³-hybridized carbons (Fsp3) is 0.696. The van der Waals surface area contributed by atoms with Crippen LogP contribution in [-0.4, -0.2) is 72.2 Å². The molecule has 0 saturated carbocycles. The Morgan fingerprint density at radius 3 is 2.42 bits per heavy atom. The van der Waals surface area contributed by atoms with Crippen molar-refractivity contribution in [1.82, 2.24) is 0 Å². The molecular formula is C23H41NO8P+. The van der Waals surface area contributed by atoms with E-state index in [1.54, 1.807) is 21.1 Å². The van der Waals surface area contributed by atoms with Crippen molar-refractivity contribution in [3.63, 3.8) is 0 Å². The summed E-state index contributed by atoms with van der Waals surface area (Å²) in [6.07, 6.45) is 3.11. The van der Waals surface area contributed by atoms with Crippen molar-refractivity contribution in [3.05, 3.63) is 29.8 Å². The van der Waals surface area contributed by atoms with Crippen LogP contribution in [0.1, 0.15) is 57.4 Å². The quantitative estimate of drug-likeness (QED) is 0.122. The summed E-state index contributed by atoms with van der Waals surface area (Å²) in [7, 11) is 0.368. The number of unbranched alkanes of at least 4 members (excludes halogenated alkanes) is 4. The number of likely N-dealkylation sites (N-methyl/N-ethyl adjacent to an activating group) is 1. The summed E-state index contributed by atoms with van der Waals surface area (Å²) in [5, 5.41) is 19.3. The molecule has 190 valence electrons. The van der Waals surface area contributed by atoms with Gasteiger partial charge in [0.15, 0.2) is 6.10 Å². The molecule has 2 unspecified atom stereocenters. The molecule has 0 aliphatic heterocycles. The molecule has 0 aromatic heterocycles. The zero-order chi connectivity index (χ0) is 24.9. The third-order valence-corrected chi connectivity index (χ3v) is 6.10. The Bertz CT molecular complexity index is 752. The highest BCUT2D eigenvalue weighted by atomic mass is 31.2. The molecule has 0 heterocycles. The lowest BCUT2D eigenvalue weighted by molar-refractivity contribution is -0.922. The van der Waals surface area contributed by atoms with Gasteiger partial charge in [-0.1, -0.05) is 38.3 Å². The molecule has 33 heavy (non-hydrogen) atoms. The van der Waals surface area contributed by atoms with Gasteiger partial charge in [0.1, 0.15) is 5.75 Å². The number of aliphatic carboxylic acids is 1. The number of ether oxygens (including phenoxy) is 1. The molecule has 0 saturated heterocycles. The van der Waals surface area contributed by atoms with Gasteiger partial charge in [-0.15, -0.1) is 0 Å². The molecule has 0 aliphatic rings. The lowest BCUT2D eigenvalue weighted by Gasteiger charge is -2.34. The average molecular weight is 491 g/mol. The minimum Gasteiger partial charge on any atom is -0.494 e. The molecule has 1 aromatic rings. The zero-order valence-corrected chi connectivity index (χ0v) is 21.2. The Morgan fingerprint density at radius 1 is 1.09 bits per heavy atom. The smallest absolute Gasteiger partial charge is 0.472 e. The number of hydrogen-bond donors (Lipinski definition) is 3. The zero-order valence-electron chi connectivity index (χ0n) is 20.3. The van der Waals surface area contributed by atoms with E-state index < -0.39 is 32.5 Å². The van der Waals surface area contributed by atoms with Crippen LogP contribution in [0.15, 0.2) is 24.3 Å². The molecule has 0 amide bonds. The summed E-state index contributed by atoms with van der Waals surface area (Å²) in [6, 6.07) is 8.02. The number of quaternary nitrogens is 1. The van der Waals surface area contributed by atoms with Crippen LogP contribution in [0.4, 0.5) is 0 Å². The number of hydrogen-bond acceptors (Lipinski definition) is 6. The normalized spacial score (nSPS) is 15.6. The van der Waals surface area contributed by atoms with Crippen LogP contribution in [0.5, 0.6) is 5.75 Å². The third-order valence-electron chi connectivity index (χ3n) is 5.05. The molecule has 1 rings (SSSR count). The SMILES string of the molecule is CCCCCOc1cccc(CCCCCOP(=O)(O)O[C@H](CC(=O)O)C(O)[N+](C)(C)C)c1. The highest BCUT2D eigenvalue weighted by Crippen LogP contribution is 2.46. The number of carboxylic acid groups (broad SMARTS) is 1. The van der Waals surface area contributed by atoms with E-state index in [1.165, 1.54) is 5.56 Å². The largest absolute Gasteiger partial charge is 0.494 e. The van der Waals surface area contributed by atoms with Gasteiger partial charge in [0.25, 0.3) is 0 Å². The van der Waals surface area contributed by atoms with Crippen molar-refractivity contribution in [3.8, 4) is 5.75 Å². The van der Waals surface area contributed by atoms with Crippen LogP contribution < -0.4 is 4.74 Å². The van der Waals surface area contributed by atoms with E-state index in [0.29, 0.717) is 6.42 Å². The topological polar surface area (TPSA) is 123 Å². The number of phosphoric ester groups is 1. The molecule has 0 aliphatic carbocycles. The van der Waals surface area contributed by atoms with E-state index in [9.17, 15) is 19.4 Å². The maximum atomic E-state index is 12.2. The number of aliphatic hydroxyl groups excluding tert-OH is 1. The van der Waals surface area contributed by atoms with E-state index in [-0.39, 0.29) is 11.1 Å². The number of carboxylic acids is 1. The van der Waals surface area contributed by atoms with Gasteiger partial charge in [0, 0.05) is 0 Å². The Labute approximate surface area is 197 Å². The number of benzene rings is 1. The maximum absolute atomic E-state index is 12.2. The summed E-state index contributed by atoms with van der Waals surface area (Å²) in [6.45, 7) is 2.87. The van der Waals surface area contributed by atoms with Crippen molar-refractivity contribution in [2.24, 2.45) is 0 Å². The highest BCUT2D eigenvalue weighted by Gasteiger charge is 2.39. The van der Waals surface area contributed by atoms with Crippen LogP contribution >= 0.6 is 7.82 Å². The van der Waals surface area contributed by atoms with Crippen molar-refractivity contribution in [2.75, 3.05) is 34.4 Å². The fourth-order valence-corrected chi connectivity index (χ4v) is 4.14. The van der Waals surface area contributed by atoms with Crippen molar-refractivity contribution >= 4 is 13.8 Å². The van der Waals surface area contributed by atoms with Gasteiger partial charge in [-0.2, -0.15) is 0 Å². The molecule has 0 radical (unpaired) electrons. The highest BCUT2D eigenvalue weighted by molar-refractivity contribution is 7.47. The van der Waals surface area contributed by atoms with Gasteiger partial charge in [0.2, 0.25) is 6.23 Å². The minimum atomic E-state index is -4.51. The Kier molecular flexibility index (Phi) is 13.2. The van der Waals surface area contributed by atoms with E-state index in [0.717, 1.165) is 50.9 Å². The first kappa shape index (κ1) is 29.6. The van der Waals surface area contributed by atoms with Gasteiger partial charge >= 0.3 is 13.8 Å². The van der Waals surface area contributed by atoms with Crippen molar-refractivity contribution in [1.29, 1.82) is 0 Å². The monoisotopic (exact) mass is 490 g/mol. The third kappa shape index (κ3) is 13.1. The van der Waals surface area contributed by atoms with E-state index >= 15 is 0 Å². The Hall–Kier alpha value is -1.48. The van der Waals surface area contributed by atoms with Crippen LogP contribution in [0.2, 0.25) is 0 Å². The molecule has 3 atom stereocenters. The van der Waals surface area contributed by atoms with E-state index in [2.05, 4.69) is 6.92 Å². The van der Waals surface area contributed by atoms with Crippen LogP contribution in [0, 0.1) is 0 Å². The summed E-state index contributed by atoms with van der Waals surface area (Å²) >= 11 is 0. The molecule has 0 spiro atoms. The second-order valence-electron chi connectivity index (χ2n) is 9.09. The second-order valence-corrected chi connectivity index (χ2v) is 10.5. The summed E-state index contributed by atoms with van der Waals surface area (Å²) in [5.74, 6) is -0.375. The Morgan fingerprint density at radius 2 is 1.79 bits per heavy atom. The second kappa shape index (κ2) is 14.7. The van der Waals surface area contributed by atoms with Gasteiger partial charge < -0.3 is 24.3 Å². The standard InChI is InChI=1S/C23H40NO8P/c1-5-6-9-15-30-20-14-11-13-19(17-20)12-8-7-10-16-31-33(28,29)32-21(18-22(25)26)23(27)24(2,3)4/h11,13-14,17,21,23,27H,5-10,12,15-16,18H2,1-4H3,(H-,25,26,28,29)/p+1/t21-,23?/m1/s1. The van der Waals surface area contributed by atoms with Gasteiger partial charge in [-0.05, 0) is 43.4 Å². The average Bonchev–Trinajstić information content (AvgIpc) is 2.72. The van der Waals surface area contributed by atoms with Gasteiger partial charge in [-0.25, -0.2) is 4.57 Å². The molecular weight excluding hydrogens is 449 g/mol. The lowest BCUT2D eigenvalue weighted by Crippen LogP contribution is -2.52. The predicted octanol–water partition coefficient (Wildman–Crippen LogP) is 3.97. The number of aryl methyl sites for hydroxylation is 1. The number of aliphatic hydroxyl groups is 1. The Balaban J connectivity index is 2.38. The van der Waals surface area contributed by atoms with Crippen molar-refractivity contribution in [2.45, 2.75) is 70.6 Å². The first-order valence-corrected chi connectivity index (χ1v) is 13.0. The number of nitrogens with zero attached hydrogens (tertiary/aromatic N) is 1. The van der Waals surface area contributed by atoms with E-state index in [1.807, 2.05) is 24.3 Å². The van der Waals surface area contributed by atoms with Crippen molar-refractivity contribution < 1.29 is 42.7 Å². The molecule has 0 fully saturated rings. The fourth-order valence-electron chi connectivity index (χ4n) is 3.19. The van der Waals surface area contributed by atoms with E-state index in [4.69, 9.17) is 18.9 Å². The molecule has 1 aromatic carbocycles. The lowest BCUT2D eigenvalue weighted by atomic mass is 10.1. The molecule has 10 heteroatoms. The molecule has 3 N–H and O–H groups in total.